The number of hydrogen-bond donors (Lipinski definition) is 0. The van der Waals surface area contributed by atoms with Gasteiger partial charge in [0.15, 0.2) is 0 Å². The van der Waals surface area contributed by atoms with E-state index in [4.69, 9.17) is 0 Å². The predicted octanol–water partition coefficient (Wildman–Crippen LogP) is 2.03. The van der Waals surface area contributed by atoms with E-state index in [0.29, 0.717) is 25.2 Å². The van der Waals surface area contributed by atoms with Crippen LogP contribution in [0.1, 0.15) is 43.5 Å². The van der Waals surface area contributed by atoms with Crippen molar-refractivity contribution in [1.29, 1.82) is 0 Å². The lowest BCUT2D eigenvalue weighted by Gasteiger charge is -2.34. The van der Waals surface area contributed by atoms with Crippen LogP contribution in [0.4, 0.5) is 0 Å². The van der Waals surface area contributed by atoms with Crippen LogP contribution in [0.3, 0.4) is 0 Å². The van der Waals surface area contributed by atoms with E-state index in [1.54, 1.807) is 28.6 Å². The molecular formula is C19H29N3O3S. The first-order chi connectivity index (χ1) is 12.4. The third-order valence-electron chi connectivity index (χ3n) is 5.54. The third-order valence-corrected chi connectivity index (χ3v) is 7.55. The minimum Gasteiger partial charge on any atom is -0.336 e. The Morgan fingerprint density at radius 3 is 2.50 bits per heavy atom. The molecule has 1 aromatic rings. The molecule has 26 heavy (non-hydrogen) atoms. The summed E-state index contributed by atoms with van der Waals surface area (Å²) in [5.41, 5.74) is 0.459. The van der Waals surface area contributed by atoms with Crippen LogP contribution >= 0.6 is 0 Å². The summed E-state index contributed by atoms with van der Waals surface area (Å²) in [4.78, 5) is 17.2. The van der Waals surface area contributed by atoms with Crippen LogP contribution in [0.25, 0.3) is 0 Å². The smallest absolute Gasteiger partial charge is 0.253 e. The van der Waals surface area contributed by atoms with Gasteiger partial charge < -0.3 is 9.80 Å². The molecular weight excluding hydrogens is 350 g/mol. The van der Waals surface area contributed by atoms with Gasteiger partial charge in [-0.1, -0.05) is 19.4 Å². The van der Waals surface area contributed by atoms with Crippen molar-refractivity contribution >= 4 is 15.9 Å². The van der Waals surface area contributed by atoms with Crippen molar-refractivity contribution in [1.82, 2.24) is 14.1 Å². The topological polar surface area (TPSA) is 60.9 Å². The van der Waals surface area contributed by atoms with E-state index in [9.17, 15) is 13.2 Å². The van der Waals surface area contributed by atoms with E-state index < -0.39 is 10.0 Å². The highest BCUT2D eigenvalue weighted by atomic mass is 32.2. The molecule has 2 aliphatic rings. The van der Waals surface area contributed by atoms with E-state index >= 15 is 0 Å². The second-order valence-corrected chi connectivity index (χ2v) is 9.11. The molecule has 2 heterocycles. The van der Waals surface area contributed by atoms with Crippen LogP contribution in [0.5, 0.6) is 0 Å². The first-order valence-corrected chi connectivity index (χ1v) is 11.0. The van der Waals surface area contributed by atoms with Gasteiger partial charge in [0.05, 0.1) is 4.90 Å². The van der Waals surface area contributed by atoms with Crippen LogP contribution in [0, 0.1) is 0 Å². The monoisotopic (exact) mass is 379 g/mol. The average molecular weight is 380 g/mol. The number of rotatable bonds is 4. The Kier molecular flexibility index (Phi) is 5.99. The van der Waals surface area contributed by atoms with Gasteiger partial charge in [0, 0.05) is 44.3 Å². The van der Waals surface area contributed by atoms with E-state index in [-0.39, 0.29) is 16.8 Å². The van der Waals surface area contributed by atoms with E-state index in [1.165, 1.54) is 0 Å². The standard InChI is InChI=1S/C19H29N3O3S/c1-3-20-11-13-21(14-12-20)19(23)17-8-6-9-18(15-17)26(24,25)22-10-5-4-7-16(22)2/h6,8-9,15-16H,3-5,7,10-14H2,1-2H3. The summed E-state index contributed by atoms with van der Waals surface area (Å²) >= 11 is 0. The molecule has 0 spiro atoms. The Labute approximate surface area is 156 Å². The number of sulfonamides is 1. The minimum absolute atomic E-state index is 0.00947. The minimum atomic E-state index is -3.56. The summed E-state index contributed by atoms with van der Waals surface area (Å²) in [6.45, 7) is 8.73. The summed E-state index contributed by atoms with van der Waals surface area (Å²) in [6.07, 6.45) is 2.85. The number of likely N-dealkylation sites (N-methyl/N-ethyl adjacent to an activating group) is 1. The zero-order valence-corrected chi connectivity index (χ0v) is 16.5. The number of carbonyl (C=O) groups excluding carboxylic acids is 1. The fourth-order valence-corrected chi connectivity index (χ4v) is 5.55. The number of piperazine rings is 1. The van der Waals surface area contributed by atoms with Gasteiger partial charge in [-0.15, -0.1) is 0 Å². The number of piperidine rings is 1. The molecule has 1 amide bonds. The second kappa shape index (κ2) is 8.06. The van der Waals surface area contributed by atoms with Gasteiger partial charge in [-0.2, -0.15) is 4.31 Å². The predicted molar refractivity (Wildman–Crippen MR) is 102 cm³/mol. The SMILES string of the molecule is CCN1CCN(C(=O)c2cccc(S(=O)(=O)N3CCCCC3C)c2)CC1. The van der Waals surface area contributed by atoms with E-state index in [2.05, 4.69) is 11.8 Å². The molecule has 0 saturated carbocycles. The molecule has 0 bridgehead atoms. The van der Waals surface area contributed by atoms with Crippen LogP contribution in [-0.4, -0.2) is 73.7 Å². The molecule has 0 N–H and O–H groups in total. The van der Waals surface area contributed by atoms with Crippen LogP contribution in [-0.2, 0) is 10.0 Å². The maximum atomic E-state index is 13.0. The summed E-state index contributed by atoms with van der Waals surface area (Å²) < 4.78 is 27.6. The number of benzene rings is 1. The summed E-state index contributed by atoms with van der Waals surface area (Å²) in [5.74, 6) is -0.0792. The van der Waals surface area contributed by atoms with Crippen molar-refractivity contribution in [3.05, 3.63) is 29.8 Å². The average Bonchev–Trinajstić information content (AvgIpc) is 2.68. The largest absolute Gasteiger partial charge is 0.336 e. The third kappa shape index (κ3) is 3.94. The van der Waals surface area contributed by atoms with Crippen molar-refractivity contribution in [2.45, 2.75) is 44.0 Å². The highest BCUT2D eigenvalue weighted by Crippen LogP contribution is 2.25. The first-order valence-electron chi connectivity index (χ1n) is 9.57. The molecule has 1 atom stereocenters. The molecule has 1 aromatic carbocycles. The van der Waals surface area contributed by atoms with Crippen molar-refractivity contribution < 1.29 is 13.2 Å². The van der Waals surface area contributed by atoms with Crippen molar-refractivity contribution in [2.24, 2.45) is 0 Å². The second-order valence-electron chi connectivity index (χ2n) is 7.21. The lowest BCUT2D eigenvalue weighted by Crippen LogP contribution is -2.48. The molecule has 0 aliphatic carbocycles. The van der Waals surface area contributed by atoms with Crippen molar-refractivity contribution in [3.63, 3.8) is 0 Å². The fourth-order valence-electron chi connectivity index (χ4n) is 3.80. The zero-order valence-electron chi connectivity index (χ0n) is 15.7. The molecule has 0 aromatic heterocycles. The Bertz CT molecular complexity index is 742. The van der Waals surface area contributed by atoms with Gasteiger partial charge in [0.25, 0.3) is 5.91 Å². The Morgan fingerprint density at radius 1 is 1.12 bits per heavy atom. The highest BCUT2D eigenvalue weighted by Gasteiger charge is 2.31. The van der Waals surface area contributed by atoms with Gasteiger partial charge in [0.2, 0.25) is 10.0 Å². The quantitative estimate of drug-likeness (QED) is 0.803. The van der Waals surface area contributed by atoms with Crippen LogP contribution in [0.2, 0.25) is 0 Å². The Morgan fingerprint density at radius 2 is 1.85 bits per heavy atom. The van der Waals surface area contributed by atoms with E-state index in [1.807, 2.05) is 11.8 Å². The maximum Gasteiger partial charge on any atom is 0.253 e. The number of amides is 1. The number of hydrogen-bond acceptors (Lipinski definition) is 4. The summed E-state index contributed by atoms with van der Waals surface area (Å²) in [6, 6.07) is 6.55. The molecule has 1 unspecified atom stereocenters. The molecule has 2 saturated heterocycles. The molecule has 6 nitrogen and oxygen atoms in total. The van der Waals surface area contributed by atoms with Crippen LogP contribution < -0.4 is 0 Å². The normalized spacial score (nSPS) is 23.2. The number of carbonyl (C=O) groups is 1. The van der Waals surface area contributed by atoms with Gasteiger partial charge in [-0.3, -0.25) is 4.79 Å². The lowest BCUT2D eigenvalue weighted by molar-refractivity contribution is 0.0643. The first kappa shape index (κ1) is 19.3. The summed E-state index contributed by atoms with van der Waals surface area (Å²) in [5, 5.41) is 0. The van der Waals surface area contributed by atoms with Crippen LogP contribution in [0.15, 0.2) is 29.2 Å². The Balaban J connectivity index is 1.78. The maximum absolute atomic E-state index is 13.0. The molecule has 144 valence electrons. The van der Waals surface area contributed by atoms with Crippen molar-refractivity contribution in [2.75, 3.05) is 39.3 Å². The summed E-state index contributed by atoms with van der Waals surface area (Å²) in [7, 11) is -3.56. The highest BCUT2D eigenvalue weighted by molar-refractivity contribution is 7.89. The van der Waals surface area contributed by atoms with Crippen molar-refractivity contribution in [3.8, 4) is 0 Å². The van der Waals surface area contributed by atoms with Gasteiger partial charge >= 0.3 is 0 Å². The lowest BCUT2D eigenvalue weighted by atomic mass is 10.1. The van der Waals surface area contributed by atoms with Gasteiger partial charge in [-0.05, 0) is 44.5 Å². The van der Waals surface area contributed by atoms with E-state index in [0.717, 1.165) is 38.9 Å². The molecule has 2 aliphatic heterocycles. The van der Waals surface area contributed by atoms with Gasteiger partial charge in [-0.25, -0.2) is 8.42 Å². The number of nitrogens with zero attached hydrogens (tertiary/aromatic N) is 3. The Hall–Kier alpha value is -1.44. The molecule has 0 radical (unpaired) electrons. The molecule has 3 rings (SSSR count). The molecule has 7 heteroatoms. The molecule has 2 fully saturated rings. The fraction of sp³-hybridized carbons (Fsp3) is 0.632. The van der Waals surface area contributed by atoms with Gasteiger partial charge in [0.1, 0.15) is 0 Å². The zero-order chi connectivity index (χ0) is 18.7.